The number of phenols is 1. The summed E-state index contributed by atoms with van der Waals surface area (Å²) in [5.74, 6) is 0.225. The molecule has 0 atom stereocenters. The van der Waals surface area contributed by atoms with E-state index in [9.17, 15) is 5.11 Å². The van der Waals surface area contributed by atoms with Gasteiger partial charge in [0.25, 0.3) is 0 Å². The second-order valence-electron chi connectivity index (χ2n) is 5.45. The molecule has 0 radical (unpaired) electrons. The molecule has 110 valence electrons. The standard InChI is InChI=1S/C19H11NO2S/c21-15-9-12-11-5-1-3-7-16(11)22-17(12)10-13(15)19-20-14-6-2-4-8-18(14)23-19/h1-10,21H. The number of aromatic hydroxyl groups is 1. The van der Waals surface area contributed by atoms with Crippen LogP contribution in [0.15, 0.2) is 65.1 Å². The molecule has 0 aliphatic heterocycles. The third-order valence-corrected chi connectivity index (χ3v) is 5.09. The van der Waals surface area contributed by atoms with Crippen LogP contribution in [-0.2, 0) is 0 Å². The van der Waals surface area contributed by atoms with E-state index < -0.39 is 0 Å². The largest absolute Gasteiger partial charge is 0.507 e. The molecule has 0 aliphatic carbocycles. The molecule has 5 aromatic rings. The number of aromatic nitrogens is 1. The van der Waals surface area contributed by atoms with Crippen molar-refractivity contribution in [1.29, 1.82) is 0 Å². The number of para-hydroxylation sites is 2. The van der Waals surface area contributed by atoms with Gasteiger partial charge in [0, 0.05) is 10.8 Å². The lowest BCUT2D eigenvalue weighted by Gasteiger charge is -2.00. The zero-order valence-electron chi connectivity index (χ0n) is 12.0. The summed E-state index contributed by atoms with van der Waals surface area (Å²) in [6.07, 6.45) is 0. The van der Waals surface area contributed by atoms with Gasteiger partial charge in [-0.1, -0.05) is 30.3 Å². The highest BCUT2D eigenvalue weighted by Crippen LogP contribution is 2.40. The summed E-state index contributed by atoms with van der Waals surface area (Å²) in [5.41, 5.74) is 3.23. The maximum absolute atomic E-state index is 10.5. The summed E-state index contributed by atoms with van der Waals surface area (Å²) >= 11 is 1.57. The molecule has 23 heavy (non-hydrogen) atoms. The first-order valence-corrected chi connectivity index (χ1v) is 8.11. The quantitative estimate of drug-likeness (QED) is 0.440. The van der Waals surface area contributed by atoms with Crippen LogP contribution in [0.3, 0.4) is 0 Å². The lowest BCUT2D eigenvalue weighted by molar-refractivity contribution is 0.478. The van der Waals surface area contributed by atoms with Crippen LogP contribution < -0.4 is 0 Å². The van der Waals surface area contributed by atoms with Gasteiger partial charge in [-0.25, -0.2) is 4.98 Å². The van der Waals surface area contributed by atoms with Crippen molar-refractivity contribution >= 4 is 43.5 Å². The topological polar surface area (TPSA) is 46.3 Å². The number of furan rings is 1. The average molecular weight is 317 g/mol. The predicted molar refractivity (Wildman–Crippen MR) is 94.0 cm³/mol. The van der Waals surface area contributed by atoms with Gasteiger partial charge >= 0.3 is 0 Å². The summed E-state index contributed by atoms with van der Waals surface area (Å²) in [6.45, 7) is 0. The van der Waals surface area contributed by atoms with Gasteiger partial charge in [-0.05, 0) is 30.3 Å². The Bertz CT molecular complexity index is 1150. The van der Waals surface area contributed by atoms with Crippen molar-refractivity contribution in [3.05, 3.63) is 60.7 Å². The Labute approximate surface area is 135 Å². The number of thiazole rings is 1. The van der Waals surface area contributed by atoms with E-state index in [4.69, 9.17) is 4.42 Å². The first-order chi connectivity index (χ1) is 11.3. The molecule has 3 aromatic carbocycles. The molecule has 0 unspecified atom stereocenters. The molecular formula is C19H11NO2S. The highest BCUT2D eigenvalue weighted by Gasteiger charge is 2.15. The lowest BCUT2D eigenvalue weighted by atomic mass is 10.1. The Kier molecular flexibility index (Phi) is 2.52. The Hall–Kier alpha value is -2.85. The number of nitrogens with zero attached hydrogens (tertiary/aromatic N) is 1. The van der Waals surface area contributed by atoms with Crippen molar-refractivity contribution < 1.29 is 9.52 Å². The molecule has 5 rings (SSSR count). The van der Waals surface area contributed by atoms with Crippen molar-refractivity contribution in [2.45, 2.75) is 0 Å². The summed E-state index contributed by atoms with van der Waals surface area (Å²) < 4.78 is 7.01. The van der Waals surface area contributed by atoms with E-state index in [1.807, 2.05) is 54.6 Å². The average Bonchev–Trinajstić information content (AvgIpc) is 3.15. The Morgan fingerprint density at radius 3 is 2.61 bits per heavy atom. The number of benzene rings is 3. The zero-order chi connectivity index (χ0) is 15.4. The molecule has 0 fully saturated rings. The van der Waals surface area contributed by atoms with E-state index in [0.717, 1.165) is 37.2 Å². The third-order valence-electron chi connectivity index (χ3n) is 4.02. The van der Waals surface area contributed by atoms with Crippen LogP contribution in [0.1, 0.15) is 0 Å². The van der Waals surface area contributed by atoms with Crippen LogP contribution in [0.2, 0.25) is 0 Å². The fourth-order valence-corrected chi connectivity index (χ4v) is 3.91. The molecule has 0 saturated carbocycles. The van der Waals surface area contributed by atoms with Gasteiger partial charge < -0.3 is 9.52 Å². The number of hydrogen-bond donors (Lipinski definition) is 1. The minimum atomic E-state index is 0.225. The predicted octanol–water partition coefficient (Wildman–Crippen LogP) is 5.57. The summed E-state index contributed by atoms with van der Waals surface area (Å²) in [6, 6.07) is 19.5. The zero-order valence-corrected chi connectivity index (χ0v) is 12.8. The molecule has 0 bridgehead atoms. The first-order valence-electron chi connectivity index (χ1n) is 7.30. The Balaban J connectivity index is 1.80. The van der Waals surface area contributed by atoms with Gasteiger partial charge in [-0.15, -0.1) is 11.3 Å². The maximum atomic E-state index is 10.5. The van der Waals surface area contributed by atoms with Gasteiger partial charge in [0.05, 0.1) is 15.8 Å². The van der Waals surface area contributed by atoms with Crippen LogP contribution in [0, 0.1) is 0 Å². The fraction of sp³-hybridized carbons (Fsp3) is 0. The molecule has 4 heteroatoms. The molecular weight excluding hydrogens is 306 g/mol. The second-order valence-corrected chi connectivity index (χ2v) is 6.48. The van der Waals surface area contributed by atoms with Gasteiger partial charge in [0.15, 0.2) is 0 Å². The highest BCUT2D eigenvalue weighted by atomic mass is 32.1. The molecule has 1 N–H and O–H groups in total. The highest BCUT2D eigenvalue weighted by molar-refractivity contribution is 7.21. The van der Waals surface area contributed by atoms with Crippen LogP contribution in [0.25, 0.3) is 42.7 Å². The van der Waals surface area contributed by atoms with E-state index in [2.05, 4.69) is 4.98 Å². The smallest absolute Gasteiger partial charge is 0.136 e. The van der Waals surface area contributed by atoms with E-state index >= 15 is 0 Å². The van der Waals surface area contributed by atoms with E-state index in [-0.39, 0.29) is 5.75 Å². The Morgan fingerprint density at radius 1 is 0.870 bits per heavy atom. The summed E-state index contributed by atoms with van der Waals surface area (Å²) in [7, 11) is 0. The van der Waals surface area contributed by atoms with E-state index in [0.29, 0.717) is 5.56 Å². The molecule has 2 heterocycles. The van der Waals surface area contributed by atoms with E-state index in [1.165, 1.54) is 0 Å². The summed E-state index contributed by atoms with van der Waals surface area (Å²) in [4.78, 5) is 4.62. The molecule has 0 aliphatic rings. The van der Waals surface area contributed by atoms with Crippen molar-refractivity contribution in [3.63, 3.8) is 0 Å². The van der Waals surface area contributed by atoms with Crippen molar-refractivity contribution in [2.75, 3.05) is 0 Å². The van der Waals surface area contributed by atoms with Crippen LogP contribution in [0.5, 0.6) is 5.75 Å². The third kappa shape index (κ3) is 1.85. The molecule has 0 spiro atoms. The SMILES string of the molecule is Oc1cc2c(cc1-c1nc3ccccc3s1)oc1ccccc12. The normalized spacial score (nSPS) is 11.7. The minimum Gasteiger partial charge on any atom is -0.507 e. The number of hydrogen-bond acceptors (Lipinski definition) is 4. The van der Waals surface area contributed by atoms with Crippen molar-refractivity contribution in [2.24, 2.45) is 0 Å². The van der Waals surface area contributed by atoms with Crippen molar-refractivity contribution in [1.82, 2.24) is 4.98 Å². The van der Waals surface area contributed by atoms with Crippen LogP contribution in [0.4, 0.5) is 0 Å². The Morgan fingerprint density at radius 2 is 1.70 bits per heavy atom. The first kappa shape index (κ1) is 12.7. The molecule has 0 amide bonds. The molecule has 2 aromatic heterocycles. The second kappa shape index (κ2) is 4.57. The number of fused-ring (bicyclic) bond motifs is 4. The van der Waals surface area contributed by atoms with Gasteiger partial charge in [-0.3, -0.25) is 0 Å². The fourth-order valence-electron chi connectivity index (χ4n) is 2.92. The molecule has 0 saturated heterocycles. The van der Waals surface area contributed by atoms with Gasteiger partial charge in [0.1, 0.15) is 21.9 Å². The molecule has 3 nitrogen and oxygen atoms in total. The monoisotopic (exact) mass is 317 g/mol. The van der Waals surface area contributed by atoms with Gasteiger partial charge in [0.2, 0.25) is 0 Å². The maximum Gasteiger partial charge on any atom is 0.136 e. The number of phenolic OH excluding ortho intramolecular Hbond substituents is 1. The van der Waals surface area contributed by atoms with E-state index in [1.54, 1.807) is 17.4 Å². The lowest BCUT2D eigenvalue weighted by Crippen LogP contribution is -1.78. The van der Waals surface area contributed by atoms with Crippen molar-refractivity contribution in [3.8, 4) is 16.3 Å². The van der Waals surface area contributed by atoms with Gasteiger partial charge in [-0.2, -0.15) is 0 Å². The summed E-state index contributed by atoms with van der Waals surface area (Å²) in [5, 5.41) is 13.2. The number of rotatable bonds is 1. The van der Waals surface area contributed by atoms with Crippen LogP contribution in [-0.4, -0.2) is 10.1 Å². The van der Waals surface area contributed by atoms with Crippen LogP contribution >= 0.6 is 11.3 Å². The minimum absolute atomic E-state index is 0.225.